The zero-order chi connectivity index (χ0) is 14.8. The highest BCUT2D eigenvalue weighted by Gasteiger charge is 2.10. The monoisotopic (exact) mass is 313 g/mol. The summed E-state index contributed by atoms with van der Waals surface area (Å²) >= 11 is 12.1. The van der Waals surface area contributed by atoms with Gasteiger partial charge in [0.05, 0.1) is 26.8 Å². The van der Waals surface area contributed by atoms with E-state index in [4.69, 9.17) is 23.2 Å². The number of hydrogen-bond donors (Lipinski definition) is 1. The lowest BCUT2D eigenvalue weighted by Crippen LogP contribution is -1.98. The average Bonchev–Trinajstić information content (AvgIpc) is 2.51. The molecular formula is C16H9Cl2N3. The van der Waals surface area contributed by atoms with E-state index in [0.717, 1.165) is 10.9 Å². The Morgan fingerprint density at radius 3 is 2.67 bits per heavy atom. The van der Waals surface area contributed by atoms with Gasteiger partial charge in [-0.25, -0.2) is 4.98 Å². The maximum absolute atomic E-state index is 9.29. The molecule has 0 bridgehead atoms. The van der Waals surface area contributed by atoms with E-state index in [1.807, 2.05) is 24.3 Å². The Labute approximate surface area is 131 Å². The van der Waals surface area contributed by atoms with Crippen molar-refractivity contribution in [1.29, 1.82) is 5.26 Å². The fourth-order valence-corrected chi connectivity index (χ4v) is 2.37. The van der Waals surface area contributed by atoms with Crippen LogP contribution in [0.5, 0.6) is 0 Å². The molecule has 0 atom stereocenters. The Bertz CT molecular complexity index is 869. The predicted molar refractivity (Wildman–Crippen MR) is 86.2 cm³/mol. The third-order valence-electron chi connectivity index (χ3n) is 3.05. The zero-order valence-corrected chi connectivity index (χ0v) is 12.3. The van der Waals surface area contributed by atoms with Crippen LogP contribution in [-0.4, -0.2) is 4.98 Å². The van der Waals surface area contributed by atoms with Crippen LogP contribution >= 0.6 is 23.2 Å². The van der Waals surface area contributed by atoms with E-state index in [2.05, 4.69) is 16.4 Å². The first-order valence-electron chi connectivity index (χ1n) is 6.20. The highest BCUT2D eigenvalue weighted by molar-refractivity contribution is 6.43. The van der Waals surface area contributed by atoms with Gasteiger partial charge >= 0.3 is 0 Å². The van der Waals surface area contributed by atoms with Crippen LogP contribution < -0.4 is 5.32 Å². The zero-order valence-electron chi connectivity index (χ0n) is 10.8. The highest BCUT2D eigenvalue weighted by Crippen LogP contribution is 2.32. The number of rotatable bonds is 2. The van der Waals surface area contributed by atoms with Crippen molar-refractivity contribution in [3.8, 4) is 6.07 Å². The Morgan fingerprint density at radius 1 is 1.05 bits per heavy atom. The minimum absolute atomic E-state index is 0.401. The third kappa shape index (κ3) is 2.64. The van der Waals surface area contributed by atoms with Crippen molar-refractivity contribution in [2.75, 3.05) is 5.32 Å². The number of anilines is 2. The lowest BCUT2D eigenvalue weighted by atomic mass is 10.1. The molecule has 0 amide bonds. The molecule has 0 aliphatic carbocycles. The first-order chi connectivity index (χ1) is 10.2. The van der Waals surface area contributed by atoms with Gasteiger partial charge in [0, 0.05) is 5.39 Å². The lowest BCUT2D eigenvalue weighted by Gasteiger charge is -2.11. The second-order valence-electron chi connectivity index (χ2n) is 4.42. The molecule has 2 aromatic carbocycles. The molecule has 3 rings (SSSR count). The van der Waals surface area contributed by atoms with Gasteiger partial charge in [0.25, 0.3) is 0 Å². The molecule has 0 saturated carbocycles. The summed E-state index contributed by atoms with van der Waals surface area (Å²) in [5.74, 6) is 0.459. The topological polar surface area (TPSA) is 48.7 Å². The van der Waals surface area contributed by atoms with E-state index >= 15 is 0 Å². The number of nitriles is 1. The van der Waals surface area contributed by atoms with Gasteiger partial charge in [-0.3, -0.25) is 0 Å². The van der Waals surface area contributed by atoms with Gasteiger partial charge in [-0.15, -0.1) is 0 Å². The quantitative estimate of drug-likeness (QED) is 0.711. The van der Waals surface area contributed by atoms with Gasteiger partial charge < -0.3 is 5.32 Å². The van der Waals surface area contributed by atoms with Crippen molar-refractivity contribution in [2.45, 2.75) is 0 Å². The van der Waals surface area contributed by atoms with Crippen LogP contribution in [0.25, 0.3) is 10.9 Å². The average molecular weight is 314 g/mol. The molecule has 0 radical (unpaired) electrons. The molecule has 0 unspecified atom stereocenters. The maximum Gasteiger partial charge on any atom is 0.149 e. The van der Waals surface area contributed by atoms with Crippen molar-refractivity contribution in [1.82, 2.24) is 4.98 Å². The number of pyridine rings is 1. The molecule has 0 spiro atoms. The molecule has 0 saturated heterocycles. The van der Waals surface area contributed by atoms with Crippen LogP contribution in [0.2, 0.25) is 10.0 Å². The predicted octanol–water partition coefficient (Wildman–Crippen LogP) is 5.16. The van der Waals surface area contributed by atoms with E-state index in [1.165, 1.54) is 0 Å². The smallest absolute Gasteiger partial charge is 0.149 e. The van der Waals surface area contributed by atoms with Crippen molar-refractivity contribution in [2.24, 2.45) is 0 Å². The minimum atomic E-state index is 0.401. The van der Waals surface area contributed by atoms with Crippen LogP contribution in [0.1, 0.15) is 5.56 Å². The van der Waals surface area contributed by atoms with Crippen LogP contribution in [0.3, 0.4) is 0 Å². The van der Waals surface area contributed by atoms with Crippen LogP contribution in [0, 0.1) is 11.3 Å². The highest BCUT2D eigenvalue weighted by atomic mass is 35.5. The fourth-order valence-electron chi connectivity index (χ4n) is 2.02. The SMILES string of the molecule is N#Cc1cc2ccccc2nc1Nc1cccc(Cl)c1Cl. The van der Waals surface area contributed by atoms with Gasteiger partial charge in [-0.05, 0) is 24.3 Å². The first kappa shape index (κ1) is 13.7. The number of aromatic nitrogens is 1. The molecule has 1 aromatic heterocycles. The summed E-state index contributed by atoms with van der Waals surface area (Å²) in [5.41, 5.74) is 1.87. The summed E-state index contributed by atoms with van der Waals surface area (Å²) in [4.78, 5) is 4.48. The first-order valence-corrected chi connectivity index (χ1v) is 6.95. The van der Waals surface area contributed by atoms with Crippen LogP contribution in [0.4, 0.5) is 11.5 Å². The van der Waals surface area contributed by atoms with Crippen molar-refractivity contribution in [3.63, 3.8) is 0 Å². The normalized spacial score (nSPS) is 10.3. The largest absolute Gasteiger partial charge is 0.338 e. The van der Waals surface area contributed by atoms with Gasteiger partial charge in [0.15, 0.2) is 0 Å². The molecule has 21 heavy (non-hydrogen) atoms. The Kier molecular flexibility index (Phi) is 3.66. The molecule has 1 heterocycles. The van der Waals surface area contributed by atoms with Gasteiger partial charge in [-0.1, -0.05) is 47.5 Å². The summed E-state index contributed by atoms with van der Waals surface area (Å²) in [6, 6.07) is 16.8. The van der Waals surface area contributed by atoms with Crippen molar-refractivity contribution in [3.05, 3.63) is 64.1 Å². The van der Waals surface area contributed by atoms with E-state index in [1.54, 1.807) is 24.3 Å². The molecule has 1 N–H and O–H groups in total. The molecular weight excluding hydrogens is 305 g/mol. The number of fused-ring (bicyclic) bond motifs is 1. The molecule has 3 aromatic rings. The summed E-state index contributed by atoms with van der Waals surface area (Å²) < 4.78 is 0. The maximum atomic E-state index is 9.29. The third-order valence-corrected chi connectivity index (χ3v) is 3.87. The molecule has 3 nitrogen and oxygen atoms in total. The van der Waals surface area contributed by atoms with Crippen LogP contribution in [-0.2, 0) is 0 Å². The number of nitrogens with zero attached hydrogens (tertiary/aromatic N) is 2. The van der Waals surface area contributed by atoms with Gasteiger partial charge in [0.2, 0.25) is 0 Å². The molecule has 102 valence electrons. The summed E-state index contributed by atoms with van der Waals surface area (Å²) in [7, 11) is 0. The van der Waals surface area contributed by atoms with Crippen molar-refractivity contribution < 1.29 is 0 Å². The minimum Gasteiger partial charge on any atom is -0.338 e. The Balaban J connectivity index is 2.11. The summed E-state index contributed by atoms with van der Waals surface area (Å²) in [6.45, 7) is 0. The van der Waals surface area contributed by atoms with E-state index < -0.39 is 0 Å². The molecule has 0 aliphatic rings. The molecule has 0 fully saturated rings. The summed E-state index contributed by atoms with van der Waals surface area (Å²) in [6.07, 6.45) is 0. The number of hydrogen-bond acceptors (Lipinski definition) is 3. The van der Waals surface area contributed by atoms with Crippen LogP contribution in [0.15, 0.2) is 48.5 Å². The second-order valence-corrected chi connectivity index (χ2v) is 5.20. The molecule has 0 aliphatic heterocycles. The fraction of sp³-hybridized carbons (Fsp3) is 0. The van der Waals surface area contributed by atoms with Gasteiger partial charge in [0.1, 0.15) is 11.9 Å². The number of para-hydroxylation sites is 1. The van der Waals surface area contributed by atoms with Gasteiger partial charge in [-0.2, -0.15) is 5.26 Å². The van der Waals surface area contributed by atoms with E-state index in [0.29, 0.717) is 27.1 Å². The molecule has 5 heteroatoms. The second kappa shape index (κ2) is 5.61. The standard InChI is InChI=1S/C16H9Cl2N3/c17-12-5-3-7-14(15(12)18)21-16-11(9-19)8-10-4-1-2-6-13(10)20-16/h1-8H,(H,20,21). The number of halogens is 2. The van der Waals surface area contributed by atoms with Crippen molar-refractivity contribution >= 4 is 45.6 Å². The number of benzene rings is 2. The summed E-state index contributed by atoms with van der Waals surface area (Å²) in [5, 5.41) is 14.1. The Hall–Kier alpha value is -2.28. The van der Waals surface area contributed by atoms with E-state index in [-0.39, 0.29) is 0 Å². The Morgan fingerprint density at radius 2 is 1.86 bits per heavy atom. The van der Waals surface area contributed by atoms with E-state index in [9.17, 15) is 5.26 Å². The number of nitrogens with one attached hydrogen (secondary N) is 1. The lowest BCUT2D eigenvalue weighted by molar-refractivity contribution is 1.34.